The van der Waals surface area contributed by atoms with Crippen LogP contribution in [0, 0.1) is 53.4 Å². The summed E-state index contributed by atoms with van der Waals surface area (Å²) in [5, 5.41) is 8.64. The van der Waals surface area contributed by atoms with Gasteiger partial charge in [-0.05, 0) is 42.3 Å². The number of halogens is 4. The molecule has 132 valence electrons. The smallest absolute Gasteiger partial charge is 0.145 e. The van der Waals surface area contributed by atoms with Gasteiger partial charge < -0.3 is 0 Å². The number of hydrogen-bond donors (Lipinski definition) is 0. The molecule has 0 saturated heterocycles. The molecule has 0 radical (unpaired) electrons. The highest BCUT2D eigenvalue weighted by molar-refractivity contribution is 5.65. The minimum atomic E-state index is -1.09. The molecule has 0 aromatic heterocycles. The first-order valence-electron chi connectivity index (χ1n) is 7.86. The van der Waals surface area contributed by atoms with Gasteiger partial charge in [-0.25, -0.2) is 17.6 Å². The molecule has 0 amide bonds. The molecule has 0 saturated carbocycles. The Labute approximate surface area is 153 Å². The highest BCUT2D eigenvalue weighted by Crippen LogP contribution is 2.24. The number of nitrogens with zero attached hydrogens (tertiary/aromatic N) is 1. The van der Waals surface area contributed by atoms with E-state index < -0.39 is 34.4 Å². The van der Waals surface area contributed by atoms with Crippen LogP contribution in [0.15, 0.2) is 48.5 Å². The Morgan fingerprint density at radius 2 is 1.19 bits per heavy atom. The number of nitriles is 1. The van der Waals surface area contributed by atoms with Crippen molar-refractivity contribution in [2.45, 2.75) is 6.92 Å². The Morgan fingerprint density at radius 3 is 1.70 bits per heavy atom. The third kappa shape index (κ3) is 3.83. The van der Waals surface area contributed by atoms with Crippen LogP contribution in [0.25, 0.3) is 11.1 Å². The van der Waals surface area contributed by atoms with Gasteiger partial charge in [-0.3, -0.25) is 0 Å². The van der Waals surface area contributed by atoms with Crippen molar-refractivity contribution in [1.29, 1.82) is 5.26 Å². The first-order valence-corrected chi connectivity index (χ1v) is 7.86. The standard InChI is InChI=1S/C22H11F4N/c1-13-2-5-15(6-3-13)16-10-21(25)17(22(26)11-16)7-4-14-8-19(23)18(12-27)20(24)9-14/h2-3,5-6,8-11H,1H3. The summed E-state index contributed by atoms with van der Waals surface area (Å²) in [6.45, 7) is 1.90. The monoisotopic (exact) mass is 365 g/mol. The van der Waals surface area contributed by atoms with Gasteiger partial charge in [-0.15, -0.1) is 0 Å². The molecule has 0 spiro atoms. The van der Waals surface area contributed by atoms with E-state index in [-0.39, 0.29) is 5.56 Å². The maximum absolute atomic E-state index is 14.3. The van der Waals surface area contributed by atoms with Gasteiger partial charge in [0.15, 0.2) is 0 Å². The van der Waals surface area contributed by atoms with Crippen molar-refractivity contribution in [3.8, 4) is 29.0 Å². The lowest BCUT2D eigenvalue weighted by atomic mass is 10.0. The number of aryl methyl sites for hydroxylation is 1. The maximum atomic E-state index is 14.3. The molecule has 1 nitrogen and oxygen atoms in total. The lowest BCUT2D eigenvalue weighted by Crippen LogP contribution is -1.94. The van der Waals surface area contributed by atoms with Crippen LogP contribution < -0.4 is 0 Å². The van der Waals surface area contributed by atoms with E-state index in [4.69, 9.17) is 5.26 Å². The zero-order valence-electron chi connectivity index (χ0n) is 14.1. The summed E-state index contributed by atoms with van der Waals surface area (Å²) in [6.07, 6.45) is 0. The molecule has 0 unspecified atom stereocenters. The van der Waals surface area contributed by atoms with Crippen molar-refractivity contribution < 1.29 is 17.6 Å². The molecule has 0 heterocycles. The Kier molecular flexibility index (Phi) is 4.96. The Bertz CT molecular complexity index is 1080. The van der Waals surface area contributed by atoms with Gasteiger partial charge >= 0.3 is 0 Å². The van der Waals surface area contributed by atoms with Crippen molar-refractivity contribution in [2.24, 2.45) is 0 Å². The van der Waals surface area contributed by atoms with E-state index in [0.717, 1.165) is 29.8 Å². The van der Waals surface area contributed by atoms with Crippen LogP contribution in [-0.2, 0) is 0 Å². The minimum Gasteiger partial charge on any atom is -0.205 e. The lowest BCUT2D eigenvalue weighted by molar-refractivity contribution is 0.576. The van der Waals surface area contributed by atoms with Gasteiger partial charge in [0.05, 0.1) is 5.56 Å². The van der Waals surface area contributed by atoms with E-state index in [0.29, 0.717) is 11.1 Å². The molecular weight excluding hydrogens is 354 g/mol. The molecule has 0 aliphatic rings. The molecule has 0 fully saturated rings. The van der Waals surface area contributed by atoms with Crippen LogP contribution in [0.3, 0.4) is 0 Å². The molecule has 5 heteroatoms. The molecule has 0 aliphatic carbocycles. The fourth-order valence-corrected chi connectivity index (χ4v) is 2.49. The van der Waals surface area contributed by atoms with E-state index >= 15 is 0 Å². The second-order valence-corrected chi connectivity index (χ2v) is 5.86. The molecule has 0 bridgehead atoms. The van der Waals surface area contributed by atoms with Gasteiger partial charge in [-0.2, -0.15) is 5.26 Å². The SMILES string of the molecule is Cc1ccc(-c2cc(F)c(C#Cc3cc(F)c(C#N)c(F)c3)c(F)c2)cc1. The third-order valence-electron chi connectivity index (χ3n) is 3.91. The van der Waals surface area contributed by atoms with Gasteiger partial charge in [0.1, 0.15) is 34.9 Å². The van der Waals surface area contributed by atoms with Crippen LogP contribution in [0.1, 0.15) is 22.3 Å². The highest BCUT2D eigenvalue weighted by atomic mass is 19.1. The van der Waals surface area contributed by atoms with Gasteiger partial charge in [0, 0.05) is 5.56 Å². The first kappa shape index (κ1) is 18.2. The molecule has 27 heavy (non-hydrogen) atoms. The van der Waals surface area contributed by atoms with Crippen molar-refractivity contribution >= 4 is 0 Å². The number of rotatable bonds is 1. The topological polar surface area (TPSA) is 23.8 Å². The summed E-state index contributed by atoms with van der Waals surface area (Å²) in [5.41, 5.74) is 0.644. The summed E-state index contributed by atoms with van der Waals surface area (Å²) in [6, 6.07) is 12.5. The van der Waals surface area contributed by atoms with Gasteiger partial charge in [0.25, 0.3) is 0 Å². The molecular formula is C22H11F4N. The van der Waals surface area contributed by atoms with Crippen molar-refractivity contribution in [2.75, 3.05) is 0 Å². The van der Waals surface area contributed by atoms with Crippen LogP contribution in [-0.4, -0.2) is 0 Å². The van der Waals surface area contributed by atoms with E-state index in [9.17, 15) is 17.6 Å². The Balaban J connectivity index is 1.99. The Hall–Kier alpha value is -3.57. The first-order chi connectivity index (χ1) is 12.9. The van der Waals surface area contributed by atoms with E-state index in [1.54, 1.807) is 12.1 Å². The predicted octanol–water partition coefficient (Wildman–Crippen LogP) is 5.49. The predicted molar refractivity (Wildman–Crippen MR) is 93.6 cm³/mol. The van der Waals surface area contributed by atoms with Crippen LogP contribution in [0.5, 0.6) is 0 Å². The van der Waals surface area contributed by atoms with Crippen LogP contribution in [0.4, 0.5) is 17.6 Å². The highest BCUT2D eigenvalue weighted by Gasteiger charge is 2.12. The van der Waals surface area contributed by atoms with Crippen LogP contribution >= 0.6 is 0 Å². The number of benzene rings is 3. The molecule has 3 aromatic carbocycles. The lowest BCUT2D eigenvalue weighted by Gasteiger charge is -2.05. The molecule has 3 rings (SSSR count). The fraction of sp³-hybridized carbons (Fsp3) is 0.0455. The van der Waals surface area contributed by atoms with Crippen LogP contribution in [0.2, 0.25) is 0 Å². The summed E-state index contributed by atoms with van der Waals surface area (Å²) < 4.78 is 55.8. The maximum Gasteiger partial charge on any atom is 0.145 e. The largest absolute Gasteiger partial charge is 0.205 e. The fourth-order valence-electron chi connectivity index (χ4n) is 2.49. The average molecular weight is 365 g/mol. The number of hydrogen-bond acceptors (Lipinski definition) is 1. The van der Waals surface area contributed by atoms with E-state index in [2.05, 4.69) is 11.8 Å². The summed E-state index contributed by atoms with van der Waals surface area (Å²) >= 11 is 0. The average Bonchev–Trinajstić information content (AvgIpc) is 2.61. The molecule has 0 N–H and O–H groups in total. The van der Waals surface area contributed by atoms with E-state index in [1.807, 2.05) is 19.1 Å². The molecule has 0 aliphatic heterocycles. The second kappa shape index (κ2) is 7.35. The minimum absolute atomic E-state index is 0.134. The third-order valence-corrected chi connectivity index (χ3v) is 3.91. The second-order valence-electron chi connectivity index (χ2n) is 5.86. The summed E-state index contributed by atoms with van der Waals surface area (Å²) in [4.78, 5) is 0. The molecule has 0 atom stereocenters. The van der Waals surface area contributed by atoms with Crippen molar-refractivity contribution in [3.63, 3.8) is 0 Å². The Morgan fingerprint density at radius 1 is 0.667 bits per heavy atom. The summed E-state index contributed by atoms with van der Waals surface area (Å²) in [7, 11) is 0. The van der Waals surface area contributed by atoms with Crippen molar-refractivity contribution in [3.05, 3.63) is 94.1 Å². The van der Waals surface area contributed by atoms with Gasteiger partial charge in [-0.1, -0.05) is 41.7 Å². The zero-order chi connectivity index (χ0) is 19.6. The molecule has 3 aromatic rings. The normalized spacial score (nSPS) is 10.1. The van der Waals surface area contributed by atoms with E-state index in [1.165, 1.54) is 6.07 Å². The summed E-state index contributed by atoms with van der Waals surface area (Å²) in [5.74, 6) is 0.649. The zero-order valence-corrected chi connectivity index (χ0v) is 14.1. The quantitative estimate of drug-likeness (QED) is 0.413. The van der Waals surface area contributed by atoms with Gasteiger partial charge in [0.2, 0.25) is 0 Å². The van der Waals surface area contributed by atoms with Crippen molar-refractivity contribution in [1.82, 2.24) is 0 Å².